The molecule has 2 rings (SSSR count). The summed E-state index contributed by atoms with van der Waals surface area (Å²) in [5.41, 5.74) is 0.155. The van der Waals surface area contributed by atoms with Gasteiger partial charge in [0.1, 0.15) is 6.04 Å². The van der Waals surface area contributed by atoms with Crippen LogP contribution < -0.4 is 5.56 Å². The maximum absolute atomic E-state index is 12.0. The van der Waals surface area contributed by atoms with E-state index in [1.165, 1.54) is 6.92 Å². The molecule has 1 N–H and O–H groups in total. The van der Waals surface area contributed by atoms with Gasteiger partial charge in [-0.2, -0.15) is 0 Å². The highest BCUT2D eigenvalue weighted by atomic mass is 16.6. The number of carbonyl (C=O) groups is 1. The number of nitro groups is 1. The molecule has 7 heteroatoms. The largest absolute Gasteiger partial charge is 0.480 e. The minimum atomic E-state index is -1.19. The summed E-state index contributed by atoms with van der Waals surface area (Å²) in [4.78, 5) is 34.0. The Morgan fingerprint density at radius 2 is 1.91 bits per heavy atom. The van der Waals surface area contributed by atoms with E-state index in [0.29, 0.717) is 6.42 Å². The number of hydrogen-bond donors (Lipinski definition) is 1. The highest BCUT2D eigenvalue weighted by Gasteiger charge is 2.26. The number of rotatable bonds is 6. The minimum absolute atomic E-state index is 0.0444. The first kappa shape index (κ1) is 16.4. The van der Waals surface area contributed by atoms with E-state index in [1.54, 1.807) is 0 Å². The van der Waals surface area contributed by atoms with Crippen LogP contribution in [-0.2, 0) is 11.2 Å². The lowest BCUT2D eigenvalue weighted by atomic mass is 10.0. The van der Waals surface area contributed by atoms with Crippen LogP contribution in [0.4, 0.5) is 5.69 Å². The summed E-state index contributed by atoms with van der Waals surface area (Å²) in [7, 11) is 0. The Morgan fingerprint density at radius 3 is 2.48 bits per heavy atom. The van der Waals surface area contributed by atoms with Gasteiger partial charge in [-0.25, -0.2) is 4.79 Å². The van der Waals surface area contributed by atoms with E-state index in [0.717, 1.165) is 22.3 Å². The van der Waals surface area contributed by atoms with E-state index < -0.39 is 22.5 Å². The van der Waals surface area contributed by atoms with E-state index in [9.17, 15) is 24.8 Å². The maximum Gasteiger partial charge on any atom is 0.326 e. The van der Waals surface area contributed by atoms with Crippen LogP contribution in [0.2, 0.25) is 0 Å². The second-order valence-electron chi connectivity index (χ2n) is 5.15. The molecule has 23 heavy (non-hydrogen) atoms. The van der Waals surface area contributed by atoms with Crippen molar-refractivity contribution in [3.05, 3.63) is 74.2 Å². The SMILES string of the molecule is Cc1c([N+](=O)[O-])ccc(=O)n1C(CCc1ccccc1)C(=O)O. The molecule has 0 saturated carbocycles. The summed E-state index contributed by atoms with van der Waals surface area (Å²) in [5, 5.41) is 20.5. The molecule has 1 heterocycles. The van der Waals surface area contributed by atoms with Crippen molar-refractivity contribution in [3.63, 3.8) is 0 Å². The fraction of sp³-hybridized carbons (Fsp3) is 0.250. The van der Waals surface area contributed by atoms with E-state index in [1.807, 2.05) is 30.3 Å². The van der Waals surface area contributed by atoms with Crippen LogP contribution in [0.5, 0.6) is 0 Å². The van der Waals surface area contributed by atoms with Crippen molar-refractivity contribution in [1.82, 2.24) is 4.57 Å². The quantitative estimate of drug-likeness (QED) is 0.651. The van der Waals surface area contributed by atoms with E-state index >= 15 is 0 Å². The van der Waals surface area contributed by atoms with Gasteiger partial charge < -0.3 is 5.11 Å². The molecule has 0 aliphatic carbocycles. The van der Waals surface area contributed by atoms with Gasteiger partial charge in [0.25, 0.3) is 11.2 Å². The van der Waals surface area contributed by atoms with Crippen molar-refractivity contribution in [2.45, 2.75) is 25.8 Å². The number of benzene rings is 1. The van der Waals surface area contributed by atoms with E-state index in [-0.39, 0.29) is 17.8 Å². The second-order valence-corrected chi connectivity index (χ2v) is 5.15. The third-order valence-corrected chi connectivity index (χ3v) is 3.70. The van der Waals surface area contributed by atoms with Crippen molar-refractivity contribution >= 4 is 11.7 Å². The molecule has 0 aliphatic rings. The highest BCUT2D eigenvalue weighted by molar-refractivity contribution is 5.72. The Kier molecular flexibility index (Phi) is 4.90. The van der Waals surface area contributed by atoms with Gasteiger partial charge in [0, 0.05) is 12.1 Å². The molecule has 0 spiro atoms. The van der Waals surface area contributed by atoms with Gasteiger partial charge in [0.2, 0.25) is 0 Å². The molecule has 1 aromatic heterocycles. The maximum atomic E-state index is 12.0. The second kappa shape index (κ2) is 6.87. The zero-order chi connectivity index (χ0) is 17.0. The predicted molar refractivity (Wildman–Crippen MR) is 83.5 cm³/mol. The lowest BCUT2D eigenvalue weighted by molar-refractivity contribution is -0.386. The number of hydrogen-bond acceptors (Lipinski definition) is 4. The van der Waals surface area contributed by atoms with Crippen molar-refractivity contribution < 1.29 is 14.8 Å². The normalized spacial score (nSPS) is 11.9. The molecule has 0 aliphatic heterocycles. The van der Waals surface area contributed by atoms with Gasteiger partial charge in [0.15, 0.2) is 0 Å². The molecule has 0 saturated heterocycles. The Hall–Kier alpha value is -2.96. The fourth-order valence-corrected chi connectivity index (χ4v) is 2.53. The Bertz CT molecular complexity index is 783. The third-order valence-electron chi connectivity index (χ3n) is 3.70. The first-order valence-electron chi connectivity index (χ1n) is 7.05. The summed E-state index contributed by atoms with van der Waals surface area (Å²) >= 11 is 0. The zero-order valence-electron chi connectivity index (χ0n) is 12.5. The highest BCUT2D eigenvalue weighted by Crippen LogP contribution is 2.21. The van der Waals surface area contributed by atoms with Crippen LogP contribution in [0.15, 0.2) is 47.3 Å². The van der Waals surface area contributed by atoms with Gasteiger partial charge >= 0.3 is 5.97 Å². The molecule has 1 unspecified atom stereocenters. The standard InChI is InChI=1S/C16H16N2O5/c1-11-13(18(22)23)9-10-15(19)17(11)14(16(20)21)8-7-12-5-3-2-4-6-12/h2-6,9-10,14H,7-8H2,1H3,(H,20,21). The molecular formula is C16H16N2O5. The number of pyridine rings is 1. The monoisotopic (exact) mass is 316 g/mol. The smallest absolute Gasteiger partial charge is 0.326 e. The van der Waals surface area contributed by atoms with E-state index in [2.05, 4.69) is 0 Å². The number of aliphatic carboxylic acids is 1. The van der Waals surface area contributed by atoms with Crippen LogP contribution in [-0.4, -0.2) is 20.6 Å². The average Bonchev–Trinajstić information content (AvgIpc) is 2.50. The molecule has 0 amide bonds. The number of aryl methyl sites for hydroxylation is 1. The summed E-state index contributed by atoms with van der Waals surface area (Å²) in [6, 6.07) is 10.2. The molecular weight excluding hydrogens is 300 g/mol. The Labute approximate surface area is 132 Å². The summed E-state index contributed by atoms with van der Waals surface area (Å²) in [5.74, 6) is -1.19. The van der Waals surface area contributed by atoms with Gasteiger partial charge in [-0.15, -0.1) is 0 Å². The summed E-state index contributed by atoms with van der Waals surface area (Å²) < 4.78 is 0.989. The van der Waals surface area contributed by atoms with Gasteiger partial charge in [0.05, 0.1) is 10.6 Å². The van der Waals surface area contributed by atoms with Gasteiger partial charge in [-0.05, 0) is 25.3 Å². The summed E-state index contributed by atoms with van der Waals surface area (Å²) in [6.45, 7) is 1.39. The van der Waals surface area contributed by atoms with Crippen LogP contribution in [0.1, 0.15) is 23.7 Å². The molecule has 1 aromatic carbocycles. The van der Waals surface area contributed by atoms with Crippen LogP contribution >= 0.6 is 0 Å². The minimum Gasteiger partial charge on any atom is -0.480 e. The molecule has 120 valence electrons. The van der Waals surface area contributed by atoms with Crippen molar-refractivity contribution in [2.75, 3.05) is 0 Å². The van der Waals surface area contributed by atoms with Crippen LogP contribution in [0.25, 0.3) is 0 Å². The fourth-order valence-electron chi connectivity index (χ4n) is 2.53. The van der Waals surface area contributed by atoms with Crippen LogP contribution in [0.3, 0.4) is 0 Å². The molecule has 7 nitrogen and oxygen atoms in total. The molecule has 0 radical (unpaired) electrons. The number of aromatic nitrogens is 1. The lowest BCUT2D eigenvalue weighted by Crippen LogP contribution is -2.32. The first-order valence-corrected chi connectivity index (χ1v) is 7.05. The number of carboxylic acid groups (broad SMARTS) is 1. The molecule has 2 aromatic rings. The van der Waals surface area contributed by atoms with Crippen molar-refractivity contribution in [3.8, 4) is 0 Å². The first-order chi connectivity index (χ1) is 10.9. The van der Waals surface area contributed by atoms with Gasteiger partial charge in [-0.3, -0.25) is 19.5 Å². The average molecular weight is 316 g/mol. The number of nitrogens with zero attached hydrogens (tertiary/aromatic N) is 2. The van der Waals surface area contributed by atoms with Crippen LogP contribution in [0, 0.1) is 17.0 Å². The number of carboxylic acids is 1. The lowest BCUT2D eigenvalue weighted by Gasteiger charge is -2.18. The molecule has 1 atom stereocenters. The van der Waals surface area contributed by atoms with Crippen molar-refractivity contribution in [1.29, 1.82) is 0 Å². The Morgan fingerprint density at radius 1 is 1.26 bits per heavy atom. The molecule has 0 fully saturated rings. The zero-order valence-corrected chi connectivity index (χ0v) is 12.5. The molecule has 0 bridgehead atoms. The summed E-state index contributed by atoms with van der Waals surface area (Å²) in [6.07, 6.45) is 0.619. The topological polar surface area (TPSA) is 102 Å². The Balaban J connectivity index is 2.38. The predicted octanol–water partition coefficient (Wildman–Crippen LogP) is 2.32. The van der Waals surface area contributed by atoms with E-state index in [4.69, 9.17) is 0 Å². The van der Waals surface area contributed by atoms with Gasteiger partial charge in [-0.1, -0.05) is 30.3 Å². The van der Waals surface area contributed by atoms with Crippen molar-refractivity contribution in [2.24, 2.45) is 0 Å². The third kappa shape index (κ3) is 3.63.